The summed E-state index contributed by atoms with van der Waals surface area (Å²) in [4.78, 5) is 17.8. The van der Waals surface area contributed by atoms with Gasteiger partial charge in [0.25, 0.3) is 0 Å². The highest BCUT2D eigenvalue weighted by Crippen LogP contribution is 2.22. The second-order valence-electron chi connectivity index (χ2n) is 5.31. The number of pyridine rings is 2. The van der Waals surface area contributed by atoms with Crippen molar-refractivity contribution < 1.29 is 0 Å². The molecule has 0 fully saturated rings. The maximum Gasteiger partial charge on any atom is 0.116 e. The number of rotatable bonds is 2. The van der Waals surface area contributed by atoms with E-state index in [4.69, 9.17) is 0 Å². The fourth-order valence-corrected chi connectivity index (χ4v) is 2.75. The normalized spacial score (nSPS) is 11.1. The standard InChI is InChI=1S/C18H14N4/c1-12-6-8-20-18-13(7-9-19-17(12)18)10-16-14-4-2-3-5-15(14)21-11-22-16/h2-9,11H,10H2,1H3. The summed E-state index contributed by atoms with van der Waals surface area (Å²) in [5, 5.41) is 1.09. The van der Waals surface area contributed by atoms with Crippen LogP contribution >= 0.6 is 0 Å². The summed E-state index contributed by atoms with van der Waals surface area (Å²) in [6, 6.07) is 12.1. The molecular weight excluding hydrogens is 272 g/mol. The third-order valence-electron chi connectivity index (χ3n) is 3.89. The average Bonchev–Trinajstić information content (AvgIpc) is 2.56. The number of aromatic nitrogens is 4. The van der Waals surface area contributed by atoms with Crippen molar-refractivity contribution >= 4 is 21.9 Å². The quantitative estimate of drug-likeness (QED) is 0.566. The molecule has 4 rings (SSSR count). The minimum atomic E-state index is 0.721. The molecular formula is C18H14N4. The highest BCUT2D eigenvalue weighted by Gasteiger charge is 2.09. The summed E-state index contributed by atoms with van der Waals surface area (Å²) < 4.78 is 0. The first kappa shape index (κ1) is 12.8. The van der Waals surface area contributed by atoms with E-state index in [-0.39, 0.29) is 0 Å². The van der Waals surface area contributed by atoms with Gasteiger partial charge >= 0.3 is 0 Å². The van der Waals surface area contributed by atoms with Gasteiger partial charge in [-0.2, -0.15) is 0 Å². The van der Waals surface area contributed by atoms with Crippen molar-refractivity contribution in [1.82, 2.24) is 19.9 Å². The Balaban J connectivity index is 1.88. The molecule has 1 aromatic carbocycles. The van der Waals surface area contributed by atoms with Gasteiger partial charge in [0.1, 0.15) is 6.33 Å². The molecule has 0 saturated heterocycles. The highest BCUT2D eigenvalue weighted by atomic mass is 14.8. The number of nitrogens with zero attached hydrogens (tertiary/aromatic N) is 4. The average molecular weight is 286 g/mol. The van der Waals surface area contributed by atoms with Gasteiger partial charge in [0.2, 0.25) is 0 Å². The van der Waals surface area contributed by atoms with Crippen LogP contribution in [0.5, 0.6) is 0 Å². The van der Waals surface area contributed by atoms with Crippen molar-refractivity contribution in [3.05, 3.63) is 71.9 Å². The number of hydrogen-bond donors (Lipinski definition) is 0. The molecule has 3 heterocycles. The highest BCUT2D eigenvalue weighted by molar-refractivity contribution is 5.83. The summed E-state index contributed by atoms with van der Waals surface area (Å²) in [5.41, 5.74) is 6.16. The molecule has 0 saturated carbocycles. The van der Waals surface area contributed by atoms with Crippen LogP contribution in [0.2, 0.25) is 0 Å². The Bertz CT molecular complexity index is 973. The van der Waals surface area contributed by atoms with E-state index < -0.39 is 0 Å². The number of benzene rings is 1. The number of para-hydroxylation sites is 1. The monoisotopic (exact) mass is 286 g/mol. The largest absolute Gasteiger partial charge is 0.254 e. The van der Waals surface area contributed by atoms with Crippen molar-refractivity contribution in [2.45, 2.75) is 13.3 Å². The summed E-state index contributed by atoms with van der Waals surface area (Å²) in [6.07, 6.45) is 6.02. The van der Waals surface area contributed by atoms with Gasteiger partial charge < -0.3 is 0 Å². The smallest absolute Gasteiger partial charge is 0.116 e. The van der Waals surface area contributed by atoms with E-state index in [1.165, 1.54) is 0 Å². The Morgan fingerprint density at radius 3 is 2.59 bits per heavy atom. The molecule has 0 bridgehead atoms. The minimum Gasteiger partial charge on any atom is -0.254 e. The first-order valence-electron chi connectivity index (χ1n) is 7.21. The zero-order valence-corrected chi connectivity index (χ0v) is 12.2. The van der Waals surface area contributed by atoms with E-state index in [9.17, 15) is 0 Å². The zero-order chi connectivity index (χ0) is 14.9. The van der Waals surface area contributed by atoms with Gasteiger partial charge in [0.05, 0.1) is 22.2 Å². The molecule has 0 N–H and O–H groups in total. The van der Waals surface area contributed by atoms with Gasteiger partial charge in [-0.15, -0.1) is 0 Å². The van der Waals surface area contributed by atoms with Crippen LogP contribution in [-0.2, 0) is 6.42 Å². The Kier molecular flexibility index (Phi) is 3.00. The maximum absolute atomic E-state index is 4.51. The first-order chi connectivity index (χ1) is 10.8. The lowest BCUT2D eigenvalue weighted by molar-refractivity contribution is 1.06. The molecule has 0 amide bonds. The van der Waals surface area contributed by atoms with E-state index in [2.05, 4.69) is 32.9 Å². The molecule has 0 spiro atoms. The Morgan fingerprint density at radius 2 is 1.64 bits per heavy atom. The molecule has 3 aromatic heterocycles. The molecule has 0 unspecified atom stereocenters. The molecule has 4 nitrogen and oxygen atoms in total. The summed E-state index contributed by atoms with van der Waals surface area (Å²) in [7, 11) is 0. The third kappa shape index (κ3) is 2.09. The van der Waals surface area contributed by atoms with Crippen LogP contribution in [0, 0.1) is 6.92 Å². The second-order valence-corrected chi connectivity index (χ2v) is 5.31. The van der Waals surface area contributed by atoms with Crippen molar-refractivity contribution in [1.29, 1.82) is 0 Å². The fourth-order valence-electron chi connectivity index (χ4n) is 2.75. The lowest BCUT2D eigenvalue weighted by Gasteiger charge is -2.08. The Morgan fingerprint density at radius 1 is 0.818 bits per heavy atom. The zero-order valence-electron chi connectivity index (χ0n) is 12.2. The van der Waals surface area contributed by atoms with Gasteiger partial charge in [0.15, 0.2) is 0 Å². The number of aryl methyl sites for hydroxylation is 1. The Hall–Kier alpha value is -2.88. The second kappa shape index (κ2) is 5.15. The lowest BCUT2D eigenvalue weighted by atomic mass is 10.0. The topological polar surface area (TPSA) is 51.6 Å². The fraction of sp³-hybridized carbons (Fsp3) is 0.111. The van der Waals surface area contributed by atoms with E-state index in [0.29, 0.717) is 0 Å². The maximum atomic E-state index is 4.51. The Labute approximate surface area is 127 Å². The van der Waals surface area contributed by atoms with Gasteiger partial charge in [-0.25, -0.2) is 9.97 Å². The van der Waals surface area contributed by atoms with Crippen LogP contribution in [0.1, 0.15) is 16.8 Å². The van der Waals surface area contributed by atoms with Crippen molar-refractivity contribution in [2.24, 2.45) is 0 Å². The first-order valence-corrected chi connectivity index (χ1v) is 7.21. The van der Waals surface area contributed by atoms with E-state index in [0.717, 1.165) is 45.2 Å². The number of fused-ring (bicyclic) bond motifs is 2. The van der Waals surface area contributed by atoms with Crippen LogP contribution in [0.25, 0.3) is 21.9 Å². The molecule has 0 aliphatic carbocycles. The summed E-state index contributed by atoms with van der Waals surface area (Å²) in [5.74, 6) is 0. The molecule has 4 aromatic rings. The van der Waals surface area contributed by atoms with Crippen molar-refractivity contribution in [2.75, 3.05) is 0 Å². The minimum absolute atomic E-state index is 0.721. The molecule has 4 heteroatoms. The van der Waals surface area contributed by atoms with Crippen LogP contribution in [0.3, 0.4) is 0 Å². The van der Waals surface area contributed by atoms with Gasteiger partial charge in [-0.1, -0.05) is 18.2 Å². The number of hydrogen-bond acceptors (Lipinski definition) is 4. The van der Waals surface area contributed by atoms with Crippen molar-refractivity contribution in [3.63, 3.8) is 0 Å². The van der Waals surface area contributed by atoms with E-state index in [1.54, 1.807) is 6.33 Å². The van der Waals surface area contributed by atoms with Crippen molar-refractivity contribution in [3.8, 4) is 0 Å². The molecule has 0 aliphatic rings. The molecule has 22 heavy (non-hydrogen) atoms. The van der Waals surface area contributed by atoms with E-state index >= 15 is 0 Å². The molecule has 106 valence electrons. The summed E-state index contributed by atoms with van der Waals surface area (Å²) >= 11 is 0. The molecule has 0 atom stereocenters. The predicted octanol–water partition coefficient (Wildman–Crippen LogP) is 3.47. The van der Waals surface area contributed by atoms with Crippen LogP contribution in [-0.4, -0.2) is 19.9 Å². The van der Waals surface area contributed by atoms with Gasteiger partial charge in [-0.05, 0) is 36.2 Å². The van der Waals surface area contributed by atoms with Crippen LogP contribution in [0.15, 0.2) is 55.1 Å². The molecule has 0 radical (unpaired) electrons. The van der Waals surface area contributed by atoms with Crippen LogP contribution < -0.4 is 0 Å². The molecule has 0 aliphatic heterocycles. The SMILES string of the molecule is Cc1ccnc2c(Cc3ncnc4ccccc34)ccnc12. The van der Waals surface area contributed by atoms with Crippen LogP contribution in [0.4, 0.5) is 0 Å². The van der Waals surface area contributed by atoms with Gasteiger partial charge in [-0.3, -0.25) is 9.97 Å². The predicted molar refractivity (Wildman–Crippen MR) is 86.6 cm³/mol. The van der Waals surface area contributed by atoms with Gasteiger partial charge in [0, 0.05) is 24.2 Å². The van der Waals surface area contributed by atoms with E-state index in [1.807, 2.05) is 42.7 Å². The third-order valence-corrected chi connectivity index (χ3v) is 3.89. The lowest BCUT2D eigenvalue weighted by Crippen LogP contribution is -1.98. The summed E-state index contributed by atoms with van der Waals surface area (Å²) in [6.45, 7) is 2.06.